The lowest BCUT2D eigenvalue weighted by molar-refractivity contribution is 0.103. The van der Waals surface area contributed by atoms with E-state index in [9.17, 15) is 4.79 Å². The van der Waals surface area contributed by atoms with Crippen LogP contribution in [0.2, 0.25) is 0 Å². The van der Waals surface area contributed by atoms with Crippen molar-refractivity contribution in [2.24, 2.45) is 0 Å². The number of nitrogens with zero attached hydrogens (tertiary/aromatic N) is 1. The van der Waals surface area contributed by atoms with Gasteiger partial charge in [-0.25, -0.2) is 0 Å². The molecule has 0 N–H and O–H groups in total. The molecule has 0 aromatic heterocycles. The van der Waals surface area contributed by atoms with Gasteiger partial charge < -0.3 is 23.8 Å². The Bertz CT molecular complexity index is 902. The first-order valence-electron chi connectivity index (χ1n) is 9.33. The minimum Gasteiger partial charge on any atom is -0.497 e. The van der Waals surface area contributed by atoms with Crippen molar-refractivity contribution in [3.63, 3.8) is 0 Å². The van der Waals surface area contributed by atoms with Gasteiger partial charge in [0.1, 0.15) is 11.5 Å². The first-order valence-corrected chi connectivity index (χ1v) is 9.33. The van der Waals surface area contributed by atoms with Crippen molar-refractivity contribution in [1.82, 2.24) is 0 Å². The summed E-state index contributed by atoms with van der Waals surface area (Å²) in [5, 5.41) is 0. The molecule has 0 aliphatic rings. The van der Waals surface area contributed by atoms with Gasteiger partial charge in [-0.3, -0.25) is 4.79 Å². The first-order chi connectivity index (χ1) is 13.9. The number of methoxy groups -OCH3 is 3. The maximum absolute atomic E-state index is 13.1. The molecule has 0 amide bonds. The van der Waals surface area contributed by atoms with E-state index in [2.05, 4.69) is 0 Å². The minimum atomic E-state index is -0.0833. The number of ether oxygens (including phenoxy) is 4. The normalized spacial score (nSPS) is 11.1. The fourth-order valence-corrected chi connectivity index (χ4v) is 3.00. The molecule has 0 radical (unpaired) electrons. The monoisotopic (exact) mass is 399 g/mol. The highest BCUT2D eigenvalue weighted by atomic mass is 16.5. The fourth-order valence-electron chi connectivity index (χ4n) is 3.00. The lowest BCUT2D eigenvalue weighted by Gasteiger charge is -2.18. The van der Waals surface area contributed by atoms with Crippen LogP contribution >= 0.6 is 0 Å². The lowest BCUT2D eigenvalue weighted by Crippen LogP contribution is -2.12. The van der Waals surface area contributed by atoms with E-state index in [1.165, 1.54) is 0 Å². The largest absolute Gasteiger partial charge is 0.497 e. The molecule has 0 unspecified atom stereocenters. The molecular weight excluding hydrogens is 370 g/mol. The molecule has 0 bridgehead atoms. The summed E-state index contributed by atoms with van der Waals surface area (Å²) in [6.07, 6.45) is 1.78. The van der Waals surface area contributed by atoms with Gasteiger partial charge in [-0.2, -0.15) is 0 Å². The molecule has 2 rings (SSSR count). The third-order valence-electron chi connectivity index (χ3n) is 4.45. The number of hydrogen-bond acceptors (Lipinski definition) is 6. The SMILES string of the molecule is CCOc1ccc(C(=O)/C(C)=C/c2cc(OC)cc(OC)c2OC)cc1N(C)C. The molecule has 2 aromatic carbocycles. The Labute approximate surface area is 172 Å². The van der Waals surface area contributed by atoms with Crippen LogP contribution in [0.4, 0.5) is 5.69 Å². The van der Waals surface area contributed by atoms with Crippen LogP contribution in [0.25, 0.3) is 6.08 Å². The molecule has 0 aliphatic heterocycles. The summed E-state index contributed by atoms with van der Waals surface area (Å²) >= 11 is 0. The number of ketones is 1. The third-order valence-corrected chi connectivity index (χ3v) is 4.45. The van der Waals surface area contributed by atoms with Crippen molar-refractivity contribution in [2.75, 3.05) is 46.9 Å². The van der Waals surface area contributed by atoms with E-state index in [1.807, 2.05) is 44.1 Å². The molecule has 0 atom stereocenters. The quantitative estimate of drug-likeness (QED) is 0.458. The van der Waals surface area contributed by atoms with Gasteiger partial charge in [-0.15, -0.1) is 0 Å². The number of rotatable bonds is 9. The smallest absolute Gasteiger partial charge is 0.188 e. The van der Waals surface area contributed by atoms with E-state index in [0.717, 1.165) is 11.4 Å². The second kappa shape index (κ2) is 9.87. The summed E-state index contributed by atoms with van der Waals surface area (Å²) in [7, 11) is 8.54. The Hall–Kier alpha value is -3.15. The van der Waals surface area contributed by atoms with Crippen LogP contribution in [-0.4, -0.2) is 47.8 Å². The Morgan fingerprint density at radius 1 is 1.00 bits per heavy atom. The predicted octanol–water partition coefficient (Wildman–Crippen LogP) is 4.46. The van der Waals surface area contributed by atoms with Crippen LogP contribution in [0.1, 0.15) is 29.8 Å². The van der Waals surface area contributed by atoms with E-state index in [4.69, 9.17) is 18.9 Å². The maximum atomic E-state index is 13.1. The molecule has 0 heterocycles. The second-order valence-corrected chi connectivity index (χ2v) is 6.62. The molecule has 6 nitrogen and oxygen atoms in total. The van der Waals surface area contributed by atoms with Gasteiger partial charge in [0.15, 0.2) is 17.3 Å². The summed E-state index contributed by atoms with van der Waals surface area (Å²) in [4.78, 5) is 15.0. The van der Waals surface area contributed by atoms with E-state index >= 15 is 0 Å². The summed E-state index contributed by atoms with van der Waals surface area (Å²) in [5.74, 6) is 2.36. The maximum Gasteiger partial charge on any atom is 0.188 e. The molecule has 0 spiro atoms. The van der Waals surface area contributed by atoms with E-state index < -0.39 is 0 Å². The van der Waals surface area contributed by atoms with Crippen molar-refractivity contribution >= 4 is 17.5 Å². The highest BCUT2D eigenvalue weighted by Crippen LogP contribution is 2.37. The number of benzene rings is 2. The van der Waals surface area contributed by atoms with Crippen molar-refractivity contribution in [3.8, 4) is 23.0 Å². The summed E-state index contributed by atoms with van der Waals surface area (Å²) in [5.41, 5.74) is 2.70. The minimum absolute atomic E-state index is 0.0833. The molecule has 0 saturated heterocycles. The first kappa shape index (κ1) is 22.1. The highest BCUT2D eigenvalue weighted by Gasteiger charge is 2.16. The molecule has 0 fully saturated rings. The van der Waals surface area contributed by atoms with Crippen molar-refractivity contribution < 1.29 is 23.7 Å². The Morgan fingerprint density at radius 3 is 2.28 bits per heavy atom. The second-order valence-electron chi connectivity index (χ2n) is 6.62. The van der Waals surface area contributed by atoms with Crippen LogP contribution in [0.5, 0.6) is 23.0 Å². The Morgan fingerprint density at radius 2 is 1.72 bits per heavy atom. The highest BCUT2D eigenvalue weighted by molar-refractivity contribution is 6.11. The molecule has 6 heteroatoms. The van der Waals surface area contributed by atoms with Crippen LogP contribution in [0, 0.1) is 0 Å². The summed E-state index contributed by atoms with van der Waals surface area (Å²) < 4.78 is 21.9. The Balaban J connectivity index is 2.47. The van der Waals surface area contributed by atoms with Crippen LogP contribution < -0.4 is 23.8 Å². The van der Waals surface area contributed by atoms with E-state index in [1.54, 1.807) is 46.5 Å². The average molecular weight is 399 g/mol. The number of carbonyl (C=O) groups excluding carboxylic acids is 1. The predicted molar refractivity (Wildman–Crippen MR) is 116 cm³/mol. The number of hydrogen-bond donors (Lipinski definition) is 0. The Kier molecular flexibility index (Phi) is 7.53. The standard InChI is InChI=1S/C23H29NO5/c1-8-29-20-10-9-16(13-19(20)24(3)4)22(25)15(2)11-17-12-18(26-5)14-21(27-6)23(17)28-7/h9-14H,8H2,1-7H3/b15-11+. The van der Waals surface area contributed by atoms with Gasteiger partial charge in [0.05, 0.1) is 33.6 Å². The number of anilines is 1. The molecule has 0 saturated carbocycles. The van der Waals surface area contributed by atoms with Crippen LogP contribution in [0.3, 0.4) is 0 Å². The van der Waals surface area contributed by atoms with E-state index in [-0.39, 0.29) is 5.78 Å². The van der Waals surface area contributed by atoms with Gasteiger partial charge in [-0.1, -0.05) is 0 Å². The van der Waals surface area contributed by atoms with Gasteiger partial charge in [0, 0.05) is 31.3 Å². The number of carbonyl (C=O) groups is 1. The molecule has 2 aromatic rings. The van der Waals surface area contributed by atoms with Crippen molar-refractivity contribution in [1.29, 1.82) is 0 Å². The fraction of sp³-hybridized carbons (Fsp3) is 0.348. The van der Waals surface area contributed by atoms with Gasteiger partial charge >= 0.3 is 0 Å². The van der Waals surface area contributed by atoms with Gasteiger partial charge in [0.25, 0.3) is 0 Å². The topological polar surface area (TPSA) is 57.2 Å². The zero-order valence-electron chi connectivity index (χ0n) is 18.2. The molecular formula is C23H29NO5. The van der Waals surface area contributed by atoms with Crippen LogP contribution in [0.15, 0.2) is 35.9 Å². The molecule has 29 heavy (non-hydrogen) atoms. The summed E-state index contributed by atoms with van der Waals surface area (Å²) in [6.45, 7) is 4.27. The van der Waals surface area contributed by atoms with Gasteiger partial charge in [-0.05, 0) is 49.8 Å². The van der Waals surface area contributed by atoms with Crippen molar-refractivity contribution in [3.05, 3.63) is 47.0 Å². The average Bonchev–Trinajstić information content (AvgIpc) is 2.72. The van der Waals surface area contributed by atoms with E-state index in [0.29, 0.717) is 40.6 Å². The van der Waals surface area contributed by atoms with Gasteiger partial charge in [0.2, 0.25) is 0 Å². The zero-order valence-corrected chi connectivity index (χ0v) is 18.2. The third kappa shape index (κ3) is 5.02. The summed E-state index contributed by atoms with van der Waals surface area (Å²) in [6, 6.07) is 8.99. The van der Waals surface area contributed by atoms with Crippen LogP contribution in [-0.2, 0) is 0 Å². The number of Topliss-reactive ketones (excluding diaryl/α,β-unsaturated/α-hetero) is 1. The molecule has 0 aliphatic carbocycles. The number of allylic oxidation sites excluding steroid dienone is 1. The van der Waals surface area contributed by atoms with Crippen molar-refractivity contribution in [2.45, 2.75) is 13.8 Å². The lowest BCUT2D eigenvalue weighted by atomic mass is 10.0. The molecule has 156 valence electrons. The zero-order chi connectivity index (χ0) is 21.6.